The van der Waals surface area contributed by atoms with Gasteiger partial charge in [-0.15, -0.1) is 6.58 Å². The lowest BCUT2D eigenvalue weighted by molar-refractivity contribution is 0.0157. The molecule has 0 bridgehead atoms. The summed E-state index contributed by atoms with van der Waals surface area (Å²) in [7, 11) is 0. The van der Waals surface area contributed by atoms with Gasteiger partial charge in [-0.2, -0.15) is 11.3 Å². The number of hydrogen-bond donors (Lipinski definition) is 1. The maximum atomic E-state index is 10.0. The Morgan fingerprint density at radius 3 is 2.95 bits per heavy atom. The number of aliphatic hydroxyl groups is 1. The molecule has 19 heavy (non-hydrogen) atoms. The normalized spacial score (nSPS) is 14.5. The van der Waals surface area contributed by atoms with Crippen LogP contribution in [0.5, 0.6) is 0 Å². The summed E-state index contributed by atoms with van der Waals surface area (Å²) in [6, 6.07) is 2.59. The molecule has 0 radical (unpaired) electrons. The second-order valence-electron chi connectivity index (χ2n) is 4.80. The molecule has 1 rings (SSSR count). The average molecular weight is 283 g/mol. The molecule has 2 unspecified atom stereocenters. The molecule has 0 aliphatic carbocycles. The molecule has 0 aromatic carbocycles. The molecule has 0 spiro atoms. The summed E-state index contributed by atoms with van der Waals surface area (Å²) in [5.41, 5.74) is 1.31. The highest BCUT2D eigenvalue weighted by atomic mass is 32.1. The summed E-state index contributed by atoms with van der Waals surface area (Å²) in [5.74, 6) is 0. The Kier molecular flexibility index (Phi) is 7.98. The van der Waals surface area contributed by atoms with Gasteiger partial charge in [0.25, 0.3) is 0 Å². The zero-order chi connectivity index (χ0) is 14.1. The van der Waals surface area contributed by atoms with Crippen molar-refractivity contribution in [3.8, 4) is 0 Å². The van der Waals surface area contributed by atoms with Crippen molar-refractivity contribution in [2.75, 3.05) is 19.8 Å². The van der Waals surface area contributed by atoms with Gasteiger partial charge in [0.2, 0.25) is 0 Å². The summed E-state index contributed by atoms with van der Waals surface area (Å²) >= 11 is 1.71. The molecule has 108 valence electrons. The summed E-state index contributed by atoms with van der Waals surface area (Å²) < 4.78 is 5.30. The van der Waals surface area contributed by atoms with Crippen LogP contribution in [0, 0.1) is 0 Å². The fourth-order valence-corrected chi connectivity index (χ4v) is 2.55. The minimum absolute atomic E-state index is 0.364. The lowest BCUT2D eigenvalue weighted by Gasteiger charge is -2.30. The molecule has 0 aliphatic heterocycles. The molecule has 3 nitrogen and oxygen atoms in total. The largest absolute Gasteiger partial charge is 0.389 e. The standard InChI is InChI=1S/C15H25NO2S/c1-4-7-18-11-15(17)10-16(13(3)5-2)9-14-6-8-19-12-14/h4,6,8,12-13,15,17H,1,5,7,9-11H2,2-3H3. The molecule has 0 fully saturated rings. The Morgan fingerprint density at radius 1 is 1.58 bits per heavy atom. The van der Waals surface area contributed by atoms with Crippen LogP contribution in [-0.2, 0) is 11.3 Å². The van der Waals surface area contributed by atoms with Gasteiger partial charge in [-0.25, -0.2) is 0 Å². The highest BCUT2D eigenvalue weighted by Crippen LogP contribution is 2.14. The molecule has 1 aromatic rings. The van der Waals surface area contributed by atoms with Crippen LogP contribution in [0.1, 0.15) is 25.8 Å². The van der Waals surface area contributed by atoms with Gasteiger partial charge in [-0.05, 0) is 35.7 Å². The smallest absolute Gasteiger partial charge is 0.0900 e. The van der Waals surface area contributed by atoms with E-state index >= 15 is 0 Å². The van der Waals surface area contributed by atoms with Gasteiger partial charge in [0.15, 0.2) is 0 Å². The molecular formula is C15H25NO2S. The lowest BCUT2D eigenvalue weighted by Crippen LogP contribution is -2.39. The van der Waals surface area contributed by atoms with Crippen molar-refractivity contribution in [3.63, 3.8) is 0 Å². The first-order chi connectivity index (χ1) is 9.17. The summed E-state index contributed by atoms with van der Waals surface area (Å²) in [6.45, 7) is 10.3. The predicted molar refractivity (Wildman–Crippen MR) is 81.5 cm³/mol. The Labute approximate surface area is 120 Å². The van der Waals surface area contributed by atoms with Gasteiger partial charge in [0.05, 0.1) is 19.3 Å². The number of aliphatic hydroxyl groups excluding tert-OH is 1. The van der Waals surface area contributed by atoms with Crippen LogP contribution in [0.25, 0.3) is 0 Å². The maximum Gasteiger partial charge on any atom is 0.0900 e. The van der Waals surface area contributed by atoms with E-state index in [1.54, 1.807) is 17.4 Å². The molecule has 0 amide bonds. The third-order valence-electron chi connectivity index (χ3n) is 3.17. The van der Waals surface area contributed by atoms with Crippen LogP contribution in [0.4, 0.5) is 0 Å². The van der Waals surface area contributed by atoms with Crippen molar-refractivity contribution in [3.05, 3.63) is 35.0 Å². The first-order valence-electron chi connectivity index (χ1n) is 6.79. The molecule has 1 N–H and O–H groups in total. The first-order valence-corrected chi connectivity index (χ1v) is 7.73. The Balaban J connectivity index is 2.47. The number of ether oxygens (including phenoxy) is 1. The summed E-state index contributed by atoms with van der Waals surface area (Å²) in [6.07, 6.45) is 2.32. The van der Waals surface area contributed by atoms with Crippen molar-refractivity contribution in [1.82, 2.24) is 4.90 Å². The van der Waals surface area contributed by atoms with E-state index < -0.39 is 6.10 Å². The van der Waals surface area contributed by atoms with Crippen molar-refractivity contribution in [2.24, 2.45) is 0 Å². The number of nitrogens with zero attached hydrogens (tertiary/aromatic N) is 1. The van der Waals surface area contributed by atoms with Crippen molar-refractivity contribution in [1.29, 1.82) is 0 Å². The van der Waals surface area contributed by atoms with Gasteiger partial charge in [-0.1, -0.05) is 13.0 Å². The van der Waals surface area contributed by atoms with Gasteiger partial charge in [0.1, 0.15) is 0 Å². The average Bonchev–Trinajstić information content (AvgIpc) is 2.90. The topological polar surface area (TPSA) is 32.7 Å². The van der Waals surface area contributed by atoms with Crippen LogP contribution in [0.2, 0.25) is 0 Å². The van der Waals surface area contributed by atoms with Crippen LogP contribution >= 0.6 is 11.3 Å². The van der Waals surface area contributed by atoms with E-state index in [4.69, 9.17) is 4.74 Å². The molecule has 2 atom stereocenters. The number of thiophene rings is 1. The number of rotatable bonds is 10. The van der Waals surface area contributed by atoms with E-state index in [0.29, 0.717) is 25.8 Å². The third-order valence-corrected chi connectivity index (χ3v) is 3.90. The zero-order valence-electron chi connectivity index (χ0n) is 11.9. The van der Waals surface area contributed by atoms with E-state index in [-0.39, 0.29) is 0 Å². The molecular weight excluding hydrogens is 258 g/mol. The zero-order valence-corrected chi connectivity index (χ0v) is 12.7. The SMILES string of the molecule is C=CCOCC(O)CN(Cc1ccsc1)C(C)CC. The predicted octanol–water partition coefficient (Wildman–Crippen LogP) is 2.91. The lowest BCUT2D eigenvalue weighted by atomic mass is 10.1. The van der Waals surface area contributed by atoms with E-state index in [9.17, 15) is 5.11 Å². The maximum absolute atomic E-state index is 10.0. The minimum Gasteiger partial charge on any atom is -0.389 e. The van der Waals surface area contributed by atoms with Crippen LogP contribution in [0.15, 0.2) is 29.5 Å². The Bertz CT molecular complexity index is 340. The quantitative estimate of drug-likeness (QED) is 0.529. The van der Waals surface area contributed by atoms with Crippen LogP contribution in [0.3, 0.4) is 0 Å². The third kappa shape index (κ3) is 6.34. The second-order valence-corrected chi connectivity index (χ2v) is 5.58. The first kappa shape index (κ1) is 16.4. The van der Waals surface area contributed by atoms with E-state index in [0.717, 1.165) is 13.0 Å². The molecule has 4 heteroatoms. The second kappa shape index (κ2) is 9.26. The fourth-order valence-electron chi connectivity index (χ4n) is 1.89. The van der Waals surface area contributed by atoms with Crippen LogP contribution < -0.4 is 0 Å². The number of hydrogen-bond acceptors (Lipinski definition) is 4. The fraction of sp³-hybridized carbons (Fsp3) is 0.600. The highest BCUT2D eigenvalue weighted by molar-refractivity contribution is 7.07. The molecule has 0 saturated carbocycles. The van der Waals surface area contributed by atoms with Gasteiger partial charge in [0, 0.05) is 19.1 Å². The van der Waals surface area contributed by atoms with Crippen LogP contribution in [-0.4, -0.2) is 41.9 Å². The summed E-state index contributed by atoms with van der Waals surface area (Å²) in [4.78, 5) is 2.31. The highest BCUT2D eigenvalue weighted by Gasteiger charge is 2.17. The van der Waals surface area contributed by atoms with Crippen molar-refractivity contribution >= 4 is 11.3 Å². The van der Waals surface area contributed by atoms with Gasteiger partial charge < -0.3 is 9.84 Å². The van der Waals surface area contributed by atoms with Gasteiger partial charge in [-0.3, -0.25) is 4.90 Å². The minimum atomic E-state index is -0.451. The Hall–Kier alpha value is -0.680. The van der Waals surface area contributed by atoms with E-state index in [1.165, 1.54) is 5.56 Å². The molecule has 0 saturated heterocycles. The van der Waals surface area contributed by atoms with E-state index in [1.807, 2.05) is 0 Å². The van der Waals surface area contributed by atoms with E-state index in [2.05, 4.69) is 42.2 Å². The summed E-state index contributed by atoms with van der Waals surface area (Å²) in [5, 5.41) is 14.3. The van der Waals surface area contributed by atoms with Crippen molar-refractivity contribution in [2.45, 2.75) is 39.0 Å². The monoisotopic (exact) mass is 283 g/mol. The molecule has 1 aromatic heterocycles. The molecule has 0 aliphatic rings. The van der Waals surface area contributed by atoms with Gasteiger partial charge >= 0.3 is 0 Å². The van der Waals surface area contributed by atoms with Crippen molar-refractivity contribution < 1.29 is 9.84 Å². The molecule has 1 heterocycles. The Morgan fingerprint density at radius 2 is 2.37 bits per heavy atom.